The van der Waals surface area contributed by atoms with Gasteiger partial charge in [-0.2, -0.15) is 0 Å². The molecule has 13 aromatic rings. The van der Waals surface area contributed by atoms with Crippen molar-refractivity contribution in [3.63, 3.8) is 0 Å². The van der Waals surface area contributed by atoms with Gasteiger partial charge in [-0.05, 0) is 101 Å². The Morgan fingerprint density at radius 1 is 0.306 bits per heavy atom. The average Bonchev–Trinajstić information content (AvgIpc) is 4.00. The predicted octanol–water partition coefficient (Wildman–Crippen LogP) is 13.1. The Morgan fingerprint density at radius 2 is 0.629 bits per heavy atom. The highest BCUT2D eigenvalue weighted by Crippen LogP contribution is 2.38. The van der Waals surface area contributed by atoms with Gasteiger partial charge in [0.25, 0.3) is 0 Å². The number of nitrogens with zero attached hydrogens (tertiary/aromatic N) is 4. The summed E-state index contributed by atoms with van der Waals surface area (Å²) in [6, 6.07) is 67.1. The van der Waals surface area contributed by atoms with Crippen LogP contribution in [0.5, 0.6) is 0 Å². The van der Waals surface area contributed by atoms with Gasteiger partial charge in [-0.1, -0.05) is 158 Å². The van der Waals surface area contributed by atoms with Crippen molar-refractivity contribution >= 4 is 64.6 Å². The molecule has 290 valence electrons. The van der Waals surface area contributed by atoms with Gasteiger partial charge in [0.2, 0.25) is 12.7 Å². The third-order valence-electron chi connectivity index (χ3n) is 13.1. The van der Waals surface area contributed by atoms with E-state index in [1.54, 1.807) is 0 Å². The maximum atomic E-state index is 2.28. The van der Waals surface area contributed by atoms with E-state index in [1.807, 2.05) is 0 Å². The van der Waals surface area contributed by atoms with Gasteiger partial charge in [-0.25, -0.2) is 18.3 Å². The van der Waals surface area contributed by atoms with Crippen LogP contribution in [0, 0.1) is 0 Å². The number of benzene rings is 11. The van der Waals surface area contributed by atoms with Crippen LogP contribution >= 0.6 is 0 Å². The quantitative estimate of drug-likeness (QED) is 0.108. The monoisotopic (exact) mass is 792 g/mol. The Balaban J connectivity index is 0.684. The smallest absolute Gasteiger partial charge is 0.232 e. The summed E-state index contributed by atoms with van der Waals surface area (Å²) in [5.41, 5.74) is 9.82. The molecule has 11 aromatic carbocycles. The van der Waals surface area contributed by atoms with Gasteiger partial charge in [0.1, 0.15) is 49.3 Å². The summed E-state index contributed by atoms with van der Waals surface area (Å²) in [7, 11) is 0. The van der Waals surface area contributed by atoms with Crippen molar-refractivity contribution in [2.24, 2.45) is 0 Å². The lowest BCUT2D eigenvalue weighted by molar-refractivity contribution is -0.687. The molecule has 0 radical (unpaired) electrons. The minimum Gasteiger partial charge on any atom is -0.232 e. The minimum absolute atomic E-state index is 0.805. The van der Waals surface area contributed by atoms with Gasteiger partial charge in [0.05, 0.1) is 0 Å². The van der Waals surface area contributed by atoms with Crippen LogP contribution in [0.15, 0.2) is 219 Å². The highest BCUT2D eigenvalue weighted by molar-refractivity contribution is 6.25. The number of hydrogen-bond donors (Lipinski definition) is 0. The largest absolute Gasteiger partial charge is 0.249 e. The zero-order chi connectivity index (χ0) is 40.7. The molecule has 0 N–H and O–H groups in total. The molecule has 2 heterocycles. The first-order chi connectivity index (χ1) is 30.7. The molecule has 0 amide bonds. The average molecular weight is 793 g/mol. The van der Waals surface area contributed by atoms with E-state index in [9.17, 15) is 0 Å². The molecule has 4 heteroatoms. The minimum atomic E-state index is 0.805. The molecule has 0 aliphatic heterocycles. The van der Waals surface area contributed by atoms with E-state index in [0.717, 1.165) is 13.1 Å². The Bertz CT molecular complexity index is 3500. The third kappa shape index (κ3) is 5.68. The second-order valence-electron chi connectivity index (χ2n) is 16.8. The molecule has 0 saturated carbocycles. The Labute approximate surface area is 358 Å². The van der Waals surface area contributed by atoms with Crippen molar-refractivity contribution in [3.05, 3.63) is 231 Å². The van der Waals surface area contributed by atoms with Crippen LogP contribution in [0.1, 0.15) is 11.1 Å². The summed E-state index contributed by atoms with van der Waals surface area (Å²) in [5.74, 6) is 0. The van der Waals surface area contributed by atoms with Crippen molar-refractivity contribution in [1.29, 1.82) is 0 Å². The van der Waals surface area contributed by atoms with Gasteiger partial charge in [0, 0.05) is 21.5 Å². The Morgan fingerprint density at radius 3 is 1.02 bits per heavy atom. The van der Waals surface area contributed by atoms with Crippen molar-refractivity contribution in [1.82, 2.24) is 9.13 Å². The molecule has 0 atom stereocenters. The predicted molar refractivity (Wildman–Crippen MR) is 255 cm³/mol. The first kappa shape index (κ1) is 34.8. The third-order valence-corrected chi connectivity index (χ3v) is 13.1. The molecule has 0 bridgehead atoms. The van der Waals surface area contributed by atoms with E-state index in [0.29, 0.717) is 0 Å². The van der Waals surface area contributed by atoms with Crippen molar-refractivity contribution in [3.8, 4) is 33.6 Å². The van der Waals surface area contributed by atoms with Gasteiger partial charge in [-0.3, -0.25) is 0 Å². The summed E-state index contributed by atoms with van der Waals surface area (Å²) >= 11 is 0. The fourth-order valence-electron chi connectivity index (χ4n) is 10.0. The van der Waals surface area contributed by atoms with E-state index < -0.39 is 0 Å². The van der Waals surface area contributed by atoms with Crippen LogP contribution < -0.4 is 9.13 Å². The van der Waals surface area contributed by atoms with Gasteiger partial charge in [0.15, 0.2) is 0 Å². The van der Waals surface area contributed by atoms with Crippen molar-refractivity contribution in [2.45, 2.75) is 13.1 Å². The van der Waals surface area contributed by atoms with E-state index in [4.69, 9.17) is 0 Å². The van der Waals surface area contributed by atoms with Crippen LogP contribution in [0.25, 0.3) is 98.3 Å². The highest BCUT2D eigenvalue weighted by atomic mass is 15.1. The lowest BCUT2D eigenvalue weighted by Gasteiger charge is -2.12. The molecule has 0 aliphatic rings. The van der Waals surface area contributed by atoms with Crippen molar-refractivity contribution in [2.75, 3.05) is 0 Å². The fraction of sp³-hybridized carbons (Fsp3) is 0.0345. The molecule has 0 fully saturated rings. The van der Waals surface area contributed by atoms with E-state index in [-0.39, 0.29) is 0 Å². The van der Waals surface area contributed by atoms with Crippen LogP contribution in [-0.4, -0.2) is 9.13 Å². The van der Waals surface area contributed by atoms with E-state index in [1.165, 1.54) is 109 Å². The van der Waals surface area contributed by atoms with E-state index in [2.05, 4.69) is 238 Å². The molecular formula is C58H40N4+2. The summed E-state index contributed by atoms with van der Waals surface area (Å²) in [4.78, 5) is 0. The number of hydrogen-bond acceptors (Lipinski definition) is 0. The highest BCUT2D eigenvalue weighted by Gasteiger charge is 2.18. The normalized spacial score (nSPS) is 12.0. The molecular weight excluding hydrogens is 753 g/mol. The second-order valence-corrected chi connectivity index (χ2v) is 16.8. The van der Waals surface area contributed by atoms with Gasteiger partial charge in [-0.15, -0.1) is 0 Å². The lowest BCUT2D eigenvalue weighted by atomic mass is 9.93. The topological polar surface area (TPSA) is 17.6 Å². The molecule has 0 unspecified atom stereocenters. The summed E-state index contributed by atoms with van der Waals surface area (Å²) in [6.45, 7) is 1.61. The Kier molecular flexibility index (Phi) is 7.70. The standard InChI is InChI=1S/C58H40N4/c1-3-45-19-21-49-25-29-53(51-27-23-47(5-1)55(45)57(49)51)61-33-31-59(37-61)35-39-7-11-41(12-8-39)43-15-17-44(18-16-43)42-13-9-40(10-14-42)36-60-32-34-62(38-60)54-30-26-50-22-20-46-4-2-6-48-24-28-52(54)58(50)56(46)48/h1-34,37-38H,35-36H2/q+2. The molecule has 0 saturated heterocycles. The number of imidazole rings is 2. The number of aromatic nitrogens is 4. The first-order valence-corrected chi connectivity index (χ1v) is 21.4. The SMILES string of the molecule is c1cc2ccc3ccc(-n4cc[n+](Cc5ccc(-c6ccc(-c7ccc(C[n+]8ccn(-c9ccc%10ccc%11cccc%12ccc9c%10c%11%12)c8)cc7)cc6)cc5)c4)c4ccc(c1)c2c34. The summed E-state index contributed by atoms with van der Waals surface area (Å²) in [6.07, 6.45) is 13.1. The molecule has 62 heavy (non-hydrogen) atoms. The summed E-state index contributed by atoms with van der Waals surface area (Å²) in [5, 5.41) is 15.7. The van der Waals surface area contributed by atoms with Crippen LogP contribution in [-0.2, 0) is 13.1 Å². The summed E-state index contributed by atoms with van der Waals surface area (Å²) < 4.78 is 9.03. The van der Waals surface area contributed by atoms with Crippen LogP contribution in [0.2, 0.25) is 0 Å². The van der Waals surface area contributed by atoms with E-state index >= 15 is 0 Å². The molecule has 0 spiro atoms. The maximum absolute atomic E-state index is 2.28. The lowest BCUT2D eigenvalue weighted by Crippen LogP contribution is -2.31. The zero-order valence-electron chi connectivity index (χ0n) is 34.0. The molecule has 0 aliphatic carbocycles. The number of rotatable bonds is 8. The van der Waals surface area contributed by atoms with Crippen LogP contribution in [0.4, 0.5) is 0 Å². The van der Waals surface area contributed by atoms with Gasteiger partial charge >= 0.3 is 0 Å². The molecule has 13 rings (SSSR count). The second kappa shape index (κ2) is 13.7. The Hall–Kier alpha value is -8.08. The fourth-order valence-corrected chi connectivity index (χ4v) is 10.0. The first-order valence-electron chi connectivity index (χ1n) is 21.4. The molecule has 2 aromatic heterocycles. The zero-order valence-corrected chi connectivity index (χ0v) is 34.0. The van der Waals surface area contributed by atoms with Crippen molar-refractivity contribution < 1.29 is 9.13 Å². The van der Waals surface area contributed by atoms with Gasteiger partial charge < -0.3 is 0 Å². The van der Waals surface area contributed by atoms with Crippen LogP contribution in [0.3, 0.4) is 0 Å². The molecule has 4 nitrogen and oxygen atoms in total. The maximum Gasteiger partial charge on any atom is 0.249 e.